The first kappa shape index (κ1) is 17.7. The van der Waals surface area contributed by atoms with Gasteiger partial charge in [-0.15, -0.1) is 0 Å². The molecule has 1 aromatic heterocycles. The molecule has 2 N–H and O–H groups in total. The number of aromatic nitrogens is 2. The van der Waals surface area contributed by atoms with E-state index in [1.165, 1.54) is 0 Å². The standard InChI is InChI=1S/C22H23N5O2/c28-20(9-12-27-15-23-18-7-3-4-8-19(18)27)26-13-10-22(11-14-26)24-17-6-2-1-5-16(17)21(29)25-22/h1-8,15,24H,9-14H2,(H,25,29). The predicted octanol–water partition coefficient (Wildman–Crippen LogP) is 2.60. The van der Waals surface area contributed by atoms with Crippen molar-refractivity contribution in [3.05, 3.63) is 60.4 Å². The molecule has 2 aliphatic heterocycles. The highest BCUT2D eigenvalue weighted by Crippen LogP contribution is 2.31. The van der Waals surface area contributed by atoms with E-state index in [0.29, 0.717) is 44.5 Å². The Kier molecular flexibility index (Phi) is 4.23. The van der Waals surface area contributed by atoms with Gasteiger partial charge in [0.2, 0.25) is 5.91 Å². The number of hydrogen-bond acceptors (Lipinski definition) is 4. The van der Waals surface area contributed by atoms with E-state index in [-0.39, 0.29) is 11.8 Å². The number of nitrogens with zero attached hydrogens (tertiary/aromatic N) is 3. The molecule has 2 aliphatic rings. The van der Waals surface area contributed by atoms with Gasteiger partial charge in [-0.2, -0.15) is 0 Å². The van der Waals surface area contributed by atoms with Crippen LogP contribution in [0.3, 0.4) is 0 Å². The summed E-state index contributed by atoms with van der Waals surface area (Å²) in [5, 5.41) is 6.62. The first-order valence-corrected chi connectivity index (χ1v) is 10.0. The first-order chi connectivity index (χ1) is 14.1. The van der Waals surface area contributed by atoms with Gasteiger partial charge < -0.3 is 20.1 Å². The lowest BCUT2D eigenvalue weighted by Gasteiger charge is -2.45. The van der Waals surface area contributed by atoms with Crippen LogP contribution in [0.25, 0.3) is 11.0 Å². The lowest BCUT2D eigenvalue weighted by atomic mass is 9.92. The topological polar surface area (TPSA) is 79.3 Å². The fourth-order valence-electron chi connectivity index (χ4n) is 4.31. The van der Waals surface area contributed by atoms with E-state index in [0.717, 1.165) is 16.7 Å². The smallest absolute Gasteiger partial charge is 0.255 e. The second-order valence-electron chi connectivity index (χ2n) is 7.76. The fourth-order valence-corrected chi connectivity index (χ4v) is 4.31. The normalized spacial score (nSPS) is 17.7. The zero-order valence-corrected chi connectivity index (χ0v) is 16.1. The number of aryl methyl sites for hydroxylation is 1. The minimum atomic E-state index is -0.469. The van der Waals surface area contributed by atoms with E-state index in [9.17, 15) is 9.59 Å². The molecule has 0 saturated carbocycles. The first-order valence-electron chi connectivity index (χ1n) is 10.0. The van der Waals surface area contributed by atoms with Crippen LogP contribution < -0.4 is 10.6 Å². The summed E-state index contributed by atoms with van der Waals surface area (Å²) in [6.07, 6.45) is 3.61. The summed E-state index contributed by atoms with van der Waals surface area (Å²) in [6.45, 7) is 1.86. The van der Waals surface area contributed by atoms with Crippen LogP contribution in [0.2, 0.25) is 0 Å². The molecular formula is C22H23N5O2. The number of anilines is 1. The molecule has 1 fully saturated rings. The van der Waals surface area contributed by atoms with Crippen LogP contribution in [0.15, 0.2) is 54.9 Å². The van der Waals surface area contributed by atoms with Crippen LogP contribution in [0, 0.1) is 0 Å². The molecule has 148 valence electrons. The van der Waals surface area contributed by atoms with E-state index < -0.39 is 5.66 Å². The zero-order chi connectivity index (χ0) is 19.8. The molecule has 1 spiro atoms. The minimum absolute atomic E-state index is 0.0499. The van der Waals surface area contributed by atoms with Gasteiger partial charge in [0.15, 0.2) is 0 Å². The van der Waals surface area contributed by atoms with Crippen molar-refractivity contribution in [1.29, 1.82) is 0 Å². The van der Waals surface area contributed by atoms with E-state index in [1.807, 2.05) is 58.0 Å². The Morgan fingerprint density at radius 3 is 2.66 bits per heavy atom. The summed E-state index contributed by atoms with van der Waals surface area (Å²) in [4.78, 5) is 31.5. The average molecular weight is 389 g/mol. The molecule has 0 bridgehead atoms. The van der Waals surface area contributed by atoms with Gasteiger partial charge >= 0.3 is 0 Å². The van der Waals surface area contributed by atoms with Gasteiger partial charge in [-0.25, -0.2) is 4.98 Å². The van der Waals surface area contributed by atoms with Crippen LogP contribution >= 0.6 is 0 Å². The van der Waals surface area contributed by atoms with Gasteiger partial charge in [-0.3, -0.25) is 9.59 Å². The number of carbonyl (C=O) groups excluding carboxylic acids is 2. The van der Waals surface area contributed by atoms with Gasteiger partial charge in [0.05, 0.1) is 22.9 Å². The molecule has 0 aliphatic carbocycles. The number of piperidine rings is 1. The van der Waals surface area contributed by atoms with Gasteiger partial charge in [-0.05, 0) is 24.3 Å². The Hall–Kier alpha value is -3.35. The highest BCUT2D eigenvalue weighted by Gasteiger charge is 2.40. The molecule has 0 unspecified atom stereocenters. The van der Waals surface area contributed by atoms with Crippen LogP contribution in [-0.2, 0) is 11.3 Å². The molecule has 2 aromatic carbocycles. The number of benzene rings is 2. The predicted molar refractivity (Wildman–Crippen MR) is 110 cm³/mol. The molecule has 29 heavy (non-hydrogen) atoms. The number of likely N-dealkylation sites (tertiary alicyclic amines) is 1. The molecular weight excluding hydrogens is 366 g/mol. The number of hydrogen-bond donors (Lipinski definition) is 2. The van der Waals surface area contributed by atoms with Crippen LogP contribution in [0.1, 0.15) is 29.6 Å². The maximum atomic E-state index is 12.7. The maximum absolute atomic E-state index is 12.7. The van der Waals surface area contributed by atoms with Gasteiger partial charge in [0, 0.05) is 44.6 Å². The second kappa shape index (κ2) is 6.92. The average Bonchev–Trinajstić information content (AvgIpc) is 3.16. The van der Waals surface area contributed by atoms with Crippen molar-refractivity contribution in [2.45, 2.75) is 31.5 Å². The Bertz CT molecular complexity index is 1080. The molecule has 5 rings (SSSR count). The Labute approximate surface area is 168 Å². The van der Waals surface area contributed by atoms with Crippen LogP contribution in [0.4, 0.5) is 5.69 Å². The highest BCUT2D eigenvalue weighted by atomic mass is 16.2. The van der Waals surface area contributed by atoms with Crippen molar-refractivity contribution >= 4 is 28.5 Å². The molecule has 0 atom stereocenters. The van der Waals surface area contributed by atoms with Crippen LogP contribution in [0.5, 0.6) is 0 Å². The lowest BCUT2D eigenvalue weighted by molar-refractivity contribution is -0.132. The molecule has 3 heterocycles. The summed E-state index contributed by atoms with van der Waals surface area (Å²) < 4.78 is 2.03. The van der Waals surface area contributed by atoms with Crippen LogP contribution in [-0.4, -0.2) is 45.0 Å². The van der Waals surface area contributed by atoms with E-state index in [2.05, 4.69) is 15.6 Å². The summed E-state index contributed by atoms with van der Waals surface area (Å²) in [6, 6.07) is 15.5. The quantitative estimate of drug-likeness (QED) is 0.722. The number of nitrogens with one attached hydrogen (secondary N) is 2. The zero-order valence-electron chi connectivity index (χ0n) is 16.1. The highest BCUT2D eigenvalue weighted by molar-refractivity contribution is 6.02. The fraction of sp³-hybridized carbons (Fsp3) is 0.318. The van der Waals surface area contributed by atoms with Crippen molar-refractivity contribution in [1.82, 2.24) is 19.8 Å². The number of imidazole rings is 1. The molecule has 1 saturated heterocycles. The Morgan fingerprint density at radius 1 is 1.03 bits per heavy atom. The molecule has 3 aromatic rings. The van der Waals surface area contributed by atoms with Crippen molar-refractivity contribution in [3.63, 3.8) is 0 Å². The summed E-state index contributed by atoms with van der Waals surface area (Å²) in [5.41, 5.74) is 3.06. The molecule has 7 heteroatoms. The number of rotatable bonds is 3. The number of amides is 2. The number of carbonyl (C=O) groups is 2. The van der Waals surface area contributed by atoms with E-state index in [1.54, 1.807) is 6.33 Å². The monoisotopic (exact) mass is 389 g/mol. The summed E-state index contributed by atoms with van der Waals surface area (Å²) >= 11 is 0. The van der Waals surface area contributed by atoms with Crippen molar-refractivity contribution < 1.29 is 9.59 Å². The second-order valence-corrected chi connectivity index (χ2v) is 7.76. The minimum Gasteiger partial charge on any atom is -0.362 e. The Balaban J connectivity index is 1.21. The number of fused-ring (bicyclic) bond motifs is 2. The summed E-state index contributed by atoms with van der Waals surface area (Å²) in [7, 11) is 0. The Morgan fingerprint density at radius 2 is 1.79 bits per heavy atom. The molecule has 0 radical (unpaired) electrons. The van der Waals surface area contributed by atoms with Crippen molar-refractivity contribution in [3.8, 4) is 0 Å². The summed E-state index contributed by atoms with van der Waals surface area (Å²) in [5.74, 6) is 0.0891. The van der Waals surface area contributed by atoms with Gasteiger partial charge in [0.1, 0.15) is 5.66 Å². The third kappa shape index (κ3) is 3.22. The van der Waals surface area contributed by atoms with E-state index in [4.69, 9.17) is 0 Å². The maximum Gasteiger partial charge on any atom is 0.255 e. The van der Waals surface area contributed by atoms with E-state index >= 15 is 0 Å². The van der Waals surface area contributed by atoms with Crippen molar-refractivity contribution in [2.24, 2.45) is 0 Å². The van der Waals surface area contributed by atoms with Gasteiger partial charge in [0.25, 0.3) is 5.91 Å². The molecule has 7 nitrogen and oxygen atoms in total. The molecule has 2 amide bonds. The SMILES string of the molecule is O=C1NC2(CCN(C(=O)CCn3cnc4ccccc43)CC2)Nc2ccccc21. The third-order valence-electron chi connectivity index (χ3n) is 5.96. The number of para-hydroxylation sites is 3. The largest absolute Gasteiger partial charge is 0.362 e. The van der Waals surface area contributed by atoms with Gasteiger partial charge in [-0.1, -0.05) is 24.3 Å². The van der Waals surface area contributed by atoms with Crippen molar-refractivity contribution in [2.75, 3.05) is 18.4 Å². The lowest BCUT2D eigenvalue weighted by Crippen LogP contribution is -2.62. The third-order valence-corrected chi connectivity index (χ3v) is 5.96.